The molecule has 1 aromatic rings. The molecule has 96 valence electrons. The van der Waals surface area contributed by atoms with Gasteiger partial charge in [0, 0.05) is 12.0 Å². The second-order valence-electron chi connectivity index (χ2n) is 4.41. The predicted molar refractivity (Wildman–Crippen MR) is 56.0 cm³/mol. The number of aliphatic imine (C=N–C) groups is 1. The molecule has 0 amide bonds. The van der Waals surface area contributed by atoms with Crippen LogP contribution in [0, 0.1) is 5.82 Å². The van der Waals surface area contributed by atoms with E-state index in [1.165, 1.54) is 6.07 Å². The summed E-state index contributed by atoms with van der Waals surface area (Å²) in [5, 5.41) is 0. The Bertz CT molecular complexity index is 537. The van der Waals surface area contributed by atoms with E-state index in [4.69, 9.17) is 4.74 Å². The molecule has 0 aliphatic carbocycles. The Balaban J connectivity index is 1.96. The molecule has 1 unspecified atom stereocenters. The van der Waals surface area contributed by atoms with Crippen molar-refractivity contribution in [1.82, 2.24) is 0 Å². The van der Waals surface area contributed by atoms with Crippen molar-refractivity contribution in [3.8, 4) is 0 Å². The summed E-state index contributed by atoms with van der Waals surface area (Å²) in [6.07, 6.45) is -4.04. The van der Waals surface area contributed by atoms with Gasteiger partial charge in [0.2, 0.25) is 0 Å². The first-order valence-electron chi connectivity index (χ1n) is 5.48. The van der Waals surface area contributed by atoms with E-state index in [0.29, 0.717) is 31.4 Å². The first kappa shape index (κ1) is 11.6. The van der Waals surface area contributed by atoms with Gasteiger partial charge < -0.3 is 4.74 Å². The smallest absolute Gasteiger partial charge is 0.375 e. The highest BCUT2D eigenvalue weighted by atomic mass is 19.4. The molecule has 0 saturated carbocycles. The van der Waals surface area contributed by atoms with Gasteiger partial charge in [0.05, 0.1) is 24.5 Å². The van der Waals surface area contributed by atoms with Crippen LogP contribution >= 0.6 is 0 Å². The molecule has 0 bridgehead atoms. The standard InChI is InChI=1S/C12H9F4NO/c13-9-5-7(12(14,15)16)1-2-8(9)11-3-4-18-6-10(11)17-11/h1-2,5H,3-4,6H2. The van der Waals surface area contributed by atoms with E-state index in [2.05, 4.69) is 4.99 Å². The van der Waals surface area contributed by atoms with Crippen LogP contribution in [0.4, 0.5) is 17.6 Å². The van der Waals surface area contributed by atoms with Crippen LogP contribution in [0.5, 0.6) is 0 Å². The minimum absolute atomic E-state index is 0.216. The predicted octanol–water partition coefficient (Wildman–Crippen LogP) is 2.91. The van der Waals surface area contributed by atoms with Gasteiger partial charge in [0.1, 0.15) is 11.4 Å². The number of hydrogen-bond donors (Lipinski definition) is 0. The molecule has 2 nitrogen and oxygen atoms in total. The van der Waals surface area contributed by atoms with Gasteiger partial charge in [-0.25, -0.2) is 4.39 Å². The van der Waals surface area contributed by atoms with E-state index < -0.39 is 23.1 Å². The molecule has 0 radical (unpaired) electrons. The summed E-state index contributed by atoms with van der Waals surface area (Å²) in [6, 6.07) is 2.61. The minimum atomic E-state index is -4.53. The number of fused-ring (bicyclic) bond motifs is 1. The lowest BCUT2D eigenvalue weighted by molar-refractivity contribution is -0.137. The molecule has 1 saturated heterocycles. The average molecular weight is 259 g/mol. The Kier molecular flexibility index (Phi) is 2.29. The Morgan fingerprint density at radius 3 is 2.67 bits per heavy atom. The zero-order valence-corrected chi connectivity index (χ0v) is 9.22. The quantitative estimate of drug-likeness (QED) is 0.710. The Labute approximate surface area is 100 Å². The van der Waals surface area contributed by atoms with Crippen molar-refractivity contribution in [2.45, 2.75) is 18.1 Å². The highest BCUT2D eigenvalue weighted by Crippen LogP contribution is 2.46. The van der Waals surface area contributed by atoms with E-state index in [1.807, 2.05) is 0 Å². The lowest BCUT2D eigenvalue weighted by Crippen LogP contribution is -2.28. The van der Waals surface area contributed by atoms with Gasteiger partial charge in [-0.2, -0.15) is 13.2 Å². The summed E-state index contributed by atoms with van der Waals surface area (Å²) in [5.74, 6) is -0.856. The summed E-state index contributed by atoms with van der Waals surface area (Å²) in [4.78, 5) is 4.18. The molecule has 2 aliphatic rings. The van der Waals surface area contributed by atoms with E-state index in [1.54, 1.807) is 0 Å². The zero-order valence-electron chi connectivity index (χ0n) is 9.22. The Morgan fingerprint density at radius 1 is 1.28 bits per heavy atom. The number of halogens is 4. The molecule has 2 heterocycles. The molecule has 1 aromatic carbocycles. The Hall–Kier alpha value is -1.43. The first-order chi connectivity index (χ1) is 8.43. The van der Waals surface area contributed by atoms with Crippen molar-refractivity contribution < 1.29 is 22.3 Å². The molecule has 1 fully saturated rings. The molecule has 0 spiro atoms. The second kappa shape index (κ2) is 3.54. The van der Waals surface area contributed by atoms with E-state index in [9.17, 15) is 17.6 Å². The van der Waals surface area contributed by atoms with Crippen LogP contribution in [0.3, 0.4) is 0 Å². The number of ether oxygens (including phenoxy) is 1. The molecule has 0 N–H and O–H groups in total. The highest BCUT2D eigenvalue weighted by Gasteiger charge is 2.52. The molecular weight excluding hydrogens is 250 g/mol. The van der Waals surface area contributed by atoms with Gasteiger partial charge >= 0.3 is 6.18 Å². The SMILES string of the molecule is Fc1cc(C(F)(F)F)ccc1C12CCOCC1=N2. The molecule has 2 aliphatic heterocycles. The molecule has 18 heavy (non-hydrogen) atoms. The van der Waals surface area contributed by atoms with Crippen molar-refractivity contribution in [2.24, 2.45) is 4.99 Å². The summed E-state index contributed by atoms with van der Waals surface area (Å²) in [7, 11) is 0. The largest absolute Gasteiger partial charge is 0.416 e. The fourth-order valence-electron chi connectivity index (χ4n) is 2.32. The van der Waals surface area contributed by atoms with Crippen LogP contribution in [0.2, 0.25) is 0 Å². The van der Waals surface area contributed by atoms with Crippen LogP contribution in [-0.4, -0.2) is 18.9 Å². The fourth-order valence-corrected chi connectivity index (χ4v) is 2.32. The topological polar surface area (TPSA) is 21.6 Å². The van der Waals surface area contributed by atoms with E-state index in [-0.39, 0.29) is 5.56 Å². The van der Waals surface area contributed by atoms with Crippen LogP contribution in [0.25, 0.3) is 0 Å². The molecule has 0 aromatic heterocycles. The molecule has 6 heteroatoms. The van der Waals surface area contributed by atoms with Crippen molar-refractivity contribution >= 4 is 5.71 Å². The van der Waals surface area contributed by atoms with Crippen LogP contribution in [-0.2, 0) is 16.5 Å². The number of rotatable bonds is 1. The van der Waals surface area contributed by atoms with Crippen molar-refractivity contribution in [3.05, 3.63) is 35.1 Å². The number of benzene rings is 1. The maximum atomic E-state index is 13.8. The third kappa shape index (κ3) is 1.63. The summed E-state index contributed by atoms with van der Waals surface area (Å²) < 4.78 is 56.3. The molecule has 1 atom stereocenters. The van der Waals surface area contributed by atoms with Gasteiger partial charge in [-0.1, -0.05) is 6.07 Å². The van der Waals surface area contributed by atoms with Crippen molar-refractivity contribution in [1.29, 1.82) is 0 Å². The van der Waals surface area contributed by atoms with Gasteiger partial charge in [0.25, 0.3) is 0 Å². The van der Waals surface area contributed by atoms with Crippen LogP contribution in [0.15, 0.2) is 23.2 Å². The van der Waals surface area contributed by atoms with Gasteiger partial charge in [0.15, 0.2) is 0 Å². The van der Waals surface area contributed by atoms with Gasteiger partial charge in [-0.05, 0) is 12.1 Å². The van der Waals surface area contributed by atoms with Crippen molar-refractivity contribution in [3.63, 3.8) is 0 Å². The van der Waals surface area contributed by atoms with Gasteiger partial charge in [-0.3, -0.25) is 4.99 Å². The zero-order chi connectivity index (χ0) is 13.0. The highest BCUT2D eigenvalue weighted by molar-refractivity contribution is 6.07. The third-order valence-corrected chi connectivity index (χ3v) is 3.34. The fraction of sp³-hybridized carbons (Fsp3) is 0.417. The lowest BCUT2D eigenvalue weighted by Gasteiger charge is -2.21. The van der Waals surface area contributed by atoms with Gasteiger partial charge in [-0.15, -0.1) is 0 Å². The van der Waals surface area contributed by atoms with Crippen LogP contribution in [0.1, 0.15) is 17.5 Å². The normalized spacial score (nSPS) is 26.6. The van der Waals surface area contributed by atoms with Crippen LogP contribution < -0.4 is 0 Å². The maximum absolute atomic E-state index is 13.8. The maximum Gasteiger partial charge on any atom is 0.416 e. The molecule has 3 rings (SSSR count). The summed E-state index contributed by atoms with van der Waals surface area (Å²) >= 11 is 0. The third-order valence-electron chi connectivity index (χ3n) is 3.34. The number of nitrogens with zero attached hydrogens (tertiary/aromatic N) is 1. The lowest BCUT2D eigenvalue weighted by atomic mass is 9.88. The minimum Gasteiger partial charge on any atom is -0.375 e. The first-order valence-corrected chi connectivity index (χ1v) is 5.48. The van der Waals surface area contributed by atoms with Crippen molar-refractivity contribution in [2.75, 3.05) is 13.2 Å². The second-order valence-corrected chi connectivity index (χ2v) is 4.41. The summed E-state index contributed by atoms with van der Waals surface area (Å²) in [5.41, 5.74) is -0.775. The number of hydrogen-bond acceptors (Lipinski definition) is 2. The Morgan fingerprint density at radius 2 is 2.06 bits per heavy atom. The average Bonchev–Trinajstić information content (AvgIpc) is 3.02. The molecular formula is C12H9F4NO. The monoisotopic (exact) mass is 259 g/mol. The summed E-state index contributed by atoms with van der Waals surface area (Å²) in [6.45, 7) is 0.772. The number of alkyl halides is 3. The van der Waals surface area contributed by atoms with E-state index >= 15 is 0 Å². The van der Waals surface area contributed by atoms with E-state index in [0.717, 1.165) is 6.07 Å².